The second kappa shape index (κ2) is 11.6. The highest BCUT2D eigenvalue weighted by molar-refractivity contribution is 8.26. The van der Waals surface area contributed by atoms with E-state index in [4.69, 9.17) is 12.2 Å². The minimum absolute atomic E-state index is 0.0413. The zero-order chi connectivity index (χ0) is 26.7. The molecule has 2 aliphatic heterocycles. The zero-order valence-electron chi connectivity index (χ0n) is 21.9. The topological polar surface area (TPSA) is 72.6 Å². The van der Waals surface area contributed by atoms with Crippen LogP contribution in [0.5, 0.6) is 0 Å². The molecule has 7 nitrogen and oxygen atoms in total. The largest absolute Gasteiger partial charge is 0.355 e. The Morgan fingerprint density at radius 2 is 1.81 bits per heavy atom. The smallest absolute Gasteiger partial charge is 0.270 e. The highest BCUT2D eigenvalue weighted by atomic mass is 32.2. The van der Waals surface area contributed by atoms with Crippen LogP contribution in [0.2, 0.25) is 0 Å². The summed E-state index contributed by atoms with van der Waals surface area (Å²) in [6.07, 6.45) is 2.60. The fraction of sp³-hybridized carbons (Fsp3) is 0.429. The van der Waals surface area contributed by atoms with Gasteiger partial charge in [0.25, 0.3) is 11.5 Å². The number of aromatic nitrogens is 1. The zero-order valence-corrected chi connectivity index (χ0v) is 23.5. The SMILES string of the molecule is CCCn1c(N2CCN(Cc3ccccc3)CC2)c(/C=C2/SC(=S)N(C(C)C)C2=O)c(C)c(C#N)c1=O. The minimum Gasteiger partial charge on any atom is -0.355 e. The number of benzene rings is 1. The average Bonchev–Trinajstić information content (AvgIpc) is 3.16. The van der Waals surface area contributed by atoms with Crippen LogP contribution >= 0.6 is 24.0 Å². The van der Waals surface area contributed by atoms with Gasteiger partial charge < -0.3 is 4.90 Å². The van der Waals surface area contributed by atoms with Crippen LogP contribution in [-0.2, 0) is 17.9 Å². The Balaban J connectivity index is 1.75. The number of carbonyl (C=O) groups excluding carboxylic acids is 1. The Kier molecular flexibility index (Phi) is 8.53. The Bertz CT molecular complexity index is 1320. The van der Waals surface area contributed by atoms with Gasteiger partial charge in [-0.05, 0) is 44.4 Å². The van der Waals surface area contributed by atoms with E-state index in [2.05, 4.69) is 40.1 Å². The van der Waals surface area contributed by atoms with Crippen molar-refractivity contribution in [1.82, 2.24) is 14.4 Å². The van der Waals surface area contributed by atoms with E-state index in [9.17, 15) is 14.9 Å². The van der Waals surface area contributed by atoms with E-state index in [-0.39, 0.29) is 23.1 Å². The quantitative estimate of drug-likeness (QED) is 0.385. The summed E-state index contributed by atoms with van der Waals surface area (Å²) in [5.41, 5.74) is 2.50. The summed E-state index contributed by atoms with van der Waals surface area (Å²) in [5.74, 6) is 0.660. The van der Waals surface area contributed by atoms with Gasteiger partial charge in [0, 0.05) is 50.9 Å². The molecule has 0 radical (unpaired) electrons. The van der Waals surface area contributed by atoms with E-state index < -0.39 is 0 Å². The van der Waals surface area contributed by atoms with Crippen molar-refractivity contribution in [3.63, 3.8) is 0 Å². The third-order valence-corrected chi connectivity index (χ3v) is 8.16. The van der Waals surface area contributed by atoms with E-state index in [1.54, 1.807) is 16.4 Å². The summed E-state index contributed by atoms with van der Waals surface area (Å²) in [4.78, 5) is 33.4. The molecule has 2 aliphatic rings. The summed E-state index contributed by atoms with van der Waals surface area (Å²) >= 11 is 6.76. The van der Waals surface area contributed by atoms with Gasteiger partial charge in [0.15, 0.2) is 0 Å². The van der Waals surface area contributed by atoms with Crippen molar-refractivity contribution in [1.29, 1.82) is 5.26 Å². The van der Waals surface area contributed by atoms with Gasteiger partial charge in [-0.2, -0.15) is 5.26 Å². The first-order chi connectivity index (χ1) is 17.8. The van der Waals surface area contributed by atoms with Crippen molar-refractivity contribution in [3.8, 4) is 6.07 Å². The number of pyridine rings is 1. The molecule has 0 bridgehead atoms. The van der Waals surface area contributed by atoms with Crippen LogP contribution in [0.3, 0.4) is 0 Å². The van der Waals surface area contributed by atoms with E-state index in [0.717, 1.165) is 50.5 Å². The molecule has 0 spiro atoms. The van der Waals surface area contributed by atoms with E-state index in [0.29, 0.717) is 21.3 Å². The summed E-state index contributed by atoms with van der Waals surface area (Å²) in [6, 6.07) is 12.5. The van der Waals surface area contributed by atoms with E-state index in [1.807, 2.05) is 32.9 Å². The van der Waals surface area contributed by atoms with Gasteiger partial charge in [0.1, 0.15) is 21.8 Å². The lowest BCUT2D eigenvalue weighted by molar-refractivity contribution is -0.123. The highest BCUT2D eigenvalue weighted by Gasteiger charge is 2.35. The number of rotatable bonds is 7. The Morgan fingerprint density at radius 3 is 2.38 bits per heavy atom. The van der Waals surface area contributed by atoms with Gasteiger partial charge in [-0.3, -0.25) is 24.0 Å². The van der Waals surface area contributed by atoms with E-state index in [1.165, 1.54) is 17.3 Å². The van der Waals surface area contributed by atoms with Gasteiger partial charge in [0.2, 0.25) is 0 Å². The Morgan fingerprint density at radius 1 is 1.14 bits per heavy atom. The van der Waals surface area contributed by atoms with Gasteiger partial charge in [0.05, 0.1) is 4.91 Å². The monoisotopic (exact) mass is 535 g/mol. The molecule has 2 aromatic rings. The number of thiocarbonyl (C=S) groups is 1. The van der Waals surface area contributed by atoms with Gasteiger partial charge in [-0.1, -0.05) is 61.2 Å². The standard InChI is InChI=1S/C28H33N5O2S2/c1-5-11-32-25(31-14-12-30(13-15-31)18-21-9-7-6-8-10-21)22(20(4)23(17-29)26(32)34)16-24-27(35)33(19(2)3)28(36)37-24/h6-10,16,19H,5,11-15,18H2,1-4H3/b24-16+. The first-order valence-corrected chi connectivity index (χ1v) is 13.9. The molecule has 9 heteroatoms. The lowest BCUT2D eigenvalue weighted by atomic mass is 10.0. The number of piperazine rings is 1. The molecule has 0 saturated carbocycles. The van der Waals surface area contributed by atoms with Crippen molar-refractivity contribution in [2.45, 2.75) is 53.2 Å². The van der Waals surface area contributed by atoms with E-state index >= 15 is 0 Å². The van der Waals surface area contributed by atoms with Crippen molar-refractivity contribution in [2.24, 2.45) is 0 Å². The van der Waals surface area contributed by atoms with Crippen LogP contribution in [0.25, 0.3) is 6.08 Å². The predicted molar refractivity (Wildman–Crippen MR) is 155 cm³/mol. The normalized spacial score (nSPS) is 17.8. The molecule has 2 saturated heterocycles. The van der Waals surface area contributed by atoms with Gasteiger partial charge >= 0.3 is 0 Å². The minimum atomic E-state index is -0.268. The maximum Gasteiger partial charge on any atom is 0.270 e. The molecule has 0 aliphatic carbocycles. The van der Waals surface area contributed by atoms with Crippen LogP contribution in [-0.4, -0.2) is 56.8 Å². The lowest BCUT2D eigenvalue weighted by Gasteiger charge is -2.38. The number of anilines is 1. The number of hydrogen-bond donors (Lipinski definition) is 0. The van der Waals surface area contributed by atoms with Crippen molar-refractivity contribution < 1.29 is 4.79 Å². The summed E-state index contributed by atoms with van der Waals surface area (Å²) in [7, 11) is 0. The summed E-state index contributed by atoms with van der Waals surface area (Å²) in [6.45, 7) is 12.3. The van der Waals surface area contributed by atoms with Crippen LogP contribution in [0.15, 0.2) is 40.0 Å². The molecule has 4 rings (SSSR count). The Hall–Kier alpha value is -2.93. The highest BCUT2D eigenvalue weighted by Crippen LogP contribution is 2.37. The van der Waals surface area contributed by atoms with Crippen LogP contribution in [0.1, 0.15) is 49.4 Å². The molecule has 1 aromatic carbocycles. The second-order valence-electron chi connectivity index (χ2n) is 9.70. The third-order valence-electron chi connectivity index (χ3n) is 6.83. The van der Waals surface area contributed by atoms with Crippen molar-refractivity contribution in [3.05, 3.63) is 67.8 Å². The Labute approximate surface area is 228 Å². The second-order valence-corrected chi connectivity index (χ2v) is 11.4. The molecule has 1 aromatic heterocycles. The van der Waals surface area contributed by atoms with Crippen LogP contribution < -0.4 is 10.5 Å². The molecule has 3 heterocycles. The van der Waals surface area contributed by atoms with Crippen molar-refractivity contribution >= 4 is 46.1 Å². The molecule has 37 heavy (non-hydrogen) atoms. The molecule has 0 atom stereocenters. The van der Waals surface area contributed by atoms with Crippen molar-refractivity contribution in [2.75, 3.05) is 31.1 Å². The predicted octanol–water partition coefficient (Wildman–Crippen LogP) is 4.37. The number of hydrogen-bond acceptors (Lipinski definition) is 7. The average molecular weight is 536 g/mol. The first-order valence-electron chi connectivity index (χ1n) is 12.7. The van der Waals surface area contributed by atoms with Crippen LogP contribution in [0, 0.1) is 18.3 Å². The number of amides is 1. The van der Waals surface area contributed by atoms with Gasteiger partial charge in [-0.15, -0.1) is 0 Å². The first kappa shape index (κ1) is 27.1. The number of thioether (sulfide) groups is 1. The lowest BCUT2D eigenvalue weighted by Crippen LogP contribution is -2.48. The molecule has 0 unspecified atom stereocenters. The molecule has 1 amide bonds. The molecule has 2 fully saturated rings. The molecular formula is C28H33N5O2S2. The third kappa shape index (κ3) is 5.52. The fourth-order valence-corrected chi connectivity index (χ4v) is 6.44. The molecule has 194 valence electrons. The summed E-state index contributed by atoms with van der Waals surface area (Å²) < 4.78 is 2.26. The maximum absolute atomic E-state index is 13.4. The van der Waals surface area contributed by atoms with Gasteiger partial charge in [-0.25, -0.2) is 0 Å². The maximum atomic E-state index is 13.4. The fourth-order valence-electron chi connectivity index (χ4n) is 4.93. The summed E-state index contributed by atoms with van der Waals surface area (Å²) in [5, 5.41) is 9.86. The number of carbonyl (C=O) groups is 1. The van der Waals surface area contributed by atoms with Crippen LogP contribution in [0.4, 0.5) is 5.82 Å². The number of nitriles is 1. The molecular weight excluding hydrogens is 502 g/mol. The molecule has 0 N–H and O–H groups in total. The number of nitrogens with zero attached hydrogens (tertiary/aromatic N) is 5.